The fraction of sp³-hybridized carbons (Fsp3) is 0.619. The summed E-state index contributed by atoms with van der Waals surface area (Å²) < 4.78 is 32.4. The van der Waals surface area contributed by atoms with E-state index >= 15 is 0 Å². The number of rotatable bonds is 5. The van der Waals surface area contributed by atoms with E-state index in [1.807, 2.05) is 4.90 Å². The van der Waals surface area contributed by atoms with Gasteiger partial charge in [-0.3, -0.25) is 4.79 Å². The monoisotopic (exact) mass is 422 g/mol. The first-order valence-corrected chi connectivity index (χ1v) is 11.7. The Balaban J connectivity index is 1.71. The third-order valence-corrected chi connectivity index (χ3v) is 8.05. The van der Waals surface area contributed by atoms with E-state index in [0.717, 1.165) is 19.4 Å². The molecule has 2 fully saturated rings. The number of benzene rings is 1. The highest BCUT2D eigenvalue weighted by Gasteiger charge is 2.39. The van der Waals surface area contributed by atoms with Gasteiger partial charge in [-0.1, -0.05) is 26.0 Å². The van der Waals surface area contributed by atoms with Crippen LogP contribution in [0.25, 0.3) is 0 Å². The minimum atomic E-state index is -3.83. The molecule has 0 saturated carbocycles. The molecule has 160 valence electrons. The SMILES string of the molecule is CCC1CC(C)CN1C(=O)C1CCN(S(=O)(=O)c2ccccc2C(=O)OC)CC1. The Labute approximate surface area is 173 Å². The van der Waals surface area contributed by atoms with Crippen molar-refractivity contribution in [3.63, 3.8) is 0 Å². The molecule has 2 aliphatic rings. The molecule has 1 amide bonds. The molecule has 2 aliphatic heterocycles. The van der Waals surface area contributed by atoms with Gasteiger partial charge in [0.1, 0.15) is 0 Å². The zero-order chi connectivity index (χ0) is 21.2. The summed E-state index contributed by atoms with van der Waals surface area (Å²) in [6, 6.07) is 6.38. The van der Waals surface area contributed by atoms with Crippen molar-refractivity contribution in [1.29, 1.82) is 0 Å². The fourth-order valence-electron chi connectivity index (χ4n) is 4.49. The number of likely N-dealkylation sites (tertiary alicyclic amines) is 1. The normalized spacial score (nSPS) is 23.9. The van der Waals surface area contributed by atoms with Crippen LogP contribution in [0.1, 0.15) is 49.9 Å². The quantitative estimate of drug-likeness (QED) is 0.681. The van der Waals surface area contributed by atoms with E-state index in [2.05, 4.69) is 13.8 Å². The maximum atomic E-state index is 13.1. The summed E-state index contributed by atoms with van der Waals surface area (Å²) in [5.41, 5.74) is 0.0324. The molecular formula is C21H30N2O5S. The third kappa shape index (κ3) is 4.33. The minimum absolute atomic E-state index is 0.0324. The van der Waals surface area contributed by atoms with Crippen LogP contribution in [-0.2, 0) is 19.6 Å². The van der Waals surface area contributed by atoms with Crippen molar-refractivity contribution in [2.24, 2.45) is 11.8 Å². The summed E-state index contributed by atoms with van der Waals surface area (Å²) in [7, 11) is -2.60. The Bertz CT molecular complexity index is 862. The van der Waals surface area contributed by atoms with Gasteiger partial charge in [0.25, 0.3) is 0 Å². The summed E-state index contributed by atoms with van der Waals surface area (Å²) in [6.45, 7) is 5.62. The van der Waals surface area contributed by atoms with E-state index in [1.165, 1.54) is 23.5 Å². The zero-order valence-corrected chi connectivity index (χ0v) is 18.2. The van der Waals surface area contributed by atoms with E-state index in [1.54, 1.807) is 12.1 Å². The zero-order valence-electron chi connectivity index (χ0n) is 17.3. The van der Waals surface area contributed by atoms with Crippen molar-refractivity contribution in [1.82, 2.24) is 9.21 Å². The van der Waals surface area contributed by atoms with Gasteiger partial charge < -0.3 is 9.64 Å². The van der Waals surface area contributed by atoms with Crippen LogP contribution in [0.5, 0.6) is 0 Å². The molecule has 3 rings (SSSR count). The lowest BCUT2D eigenvalue weighted by Crippen LogP contribution is -2.45. The number of nitrogens with zero attached hydrogens (tertiary/aromatic N) is 2. The van der Waals surface area contributed by atoms with Crippen molar-refractivity contribution < 1.29 is 22.7 Å². The predicted octanol–water partition coefficient (Wildman–Crippen LogP) is 2.52. The first-order chi connectivity index (χ1) is 13.8. The van der Waals surface area contributed by atoms with Crippen LogP contribution in [0.4, 0.5) is 0 Å². The van der Waals surface area contributed by atoms with Gasteiger partial charge in [-0.25, -0.2) is 13.2 Å². The van der Waals surface area contributed by atoms with Crippen LogP contribution in [0, 0.1) is 11.8 Å². The molecule has 8 heteroatoms. The van der Waals surface area contributed by atoms with Crippen LogP contribution in [0.2, 0.25) is 0 Å². The molecule has 2 atom stereocenters. The standard InChI is InChI=1S/C21H30N2O5S/c1-4-17-13-15(2)14-23(17)20(24)16-9-11-22(12-10-16)29(26,27)19-8-6-5-7-18(19)21(25)28-3/h5-8,15-17H,4,9-14H2,1-3H3. The number of carbonyl (C=O) groups excluding carboxylic acids is 2. The number of hydrogen-bond acceptors (Lipinski definition) is 5. The second-order valence-corrected chi connectivity index (χ2v) is 9.97. The molecule has 29 heavy (non-hydrogen) atoms. The van der Waals surface area contributed by atoms with E-state index in [-0.39, 0.29) is 35.4 Å². The smallest absolute Gasteiger partial charge is 0.339 e. The van der Waals surface area contributed by atoms with Gasteiger partial charge in [0.15, 0.2) is 0 Å². The average molecular weight is 423 g/mol. The fourth-order valence-corrected chi connectivity index (χ4v) is 6.14. The first kappa shape index (κ1) is 21.8. The number of methoxy groups -OCH3 is 1. The Morgan fingerprint density at radius 1 is 1.17 bits per heavy atom. The molecule has 0 bridgehead atoms. The van der Waals surface area contributed by atoms with Crippen molar-refractivity contribution >= 4 is 21.9 Å². The second-order valence-electron chi connectivity index (χ2n) is 8.06. The van der Waals surface area contributed by atoms with E-state index < -0.39 is 16.0 Å². The average Bonchev–Trinajstić information content (AvgIpc) is 3.13. The largest absolute Gasteiger partial charge is 0.465 e. The highest BCUT2D eigenvalue weighted by molar-refractivity contribution is 7.89. The molecule has 1 aromatic carbocycles. The van der Waals surface area contributed by atoms with Gasteiger partial charge in [0.2, 0.25) is 15.9 Å². The number of amides is 1. The molecule has 0 aromatic heterocycles. The second kappa shape index (κ2) is 8.83. The van der Waals surface area contributed by atoms with E-state index in [0.29, 0.717) is 24.8 Å². The van der Waals surface area contributed by atoms with Gasteiger partial charge in [0.05, 0.1) is 17.6 Å². The maximum Gasteiger partial charge on any atom is 0.339 e. The highest BCUT2D eigenvalue weighted by Crippen LogP contribution is 2.31. The van der Waals surface area contributed by atoms with Crippen LogP contribution in [-0.4, -0.2) is 62.3 Å². The van der Waals surface area contributed by atoms with Crippen molar-refractivity contribution in [2.75, 3.05) is 26.7 Å². The van der Waals surface area contributed by atoms with Gasteiger partial charge in [-0.15, -0.1) is 0 Å². The molecule has 2 unspecified atom stereocenters. The predicted molar refractivity (Wildman–Crippen MR) is 109 cm³/mol. The van der Waals surface area contributed by atoms with Crippen LogP contribution < -0.4 is 0 Å². The maximum absolute atomic E-state index is 13.1. The third-order valence-electron chi connectivity index (χ3n) is 6.09. The Hall–Kier alpha value is -1.93. The molecule has 2 heterocycles. The van der Waals surface area contributed by atoms with Crippen LogP contribution in [0.15, 0.2) is 29.2 Å². The summed E-state index contributed by atoms with van der Waals surface area (Å²) in [5.74, 6) is -0.146. The minimum Gasteiger partial charge on any atom is -0.465 e. The van der Waals surface area contributed by atoms with E-state index in [9.17, 15) is 18.0 Å². The van der Waals surface area contributed by atoms with Crippen molar-refractivity contribution in [2.45, 2.75) is 50.5 Å². The van der Waals surface area contributed by atoms with Gasteiger partial charge in [0, 0.05) is 31.6 Å². The summed E-state index contributed by atoms with van der Waals surface area (Å²) in [6.07, 6.45) is 2.99. The van der Waals surface area contributed by atoms with E-state index in [4.69, 9.17) is 4.74 Å². The lowest BCUT2D eigenvalue weighted by Gasteiger charge is -2.34. The first-order valence-electron chi connectivity index (χ1n) is 10.3. The number of carbonyl (C=O) groups is 2. The Kier molecular flexibility index (Phi) is 6.63. The topological polar surface area (TPSA) is 84.0 Å². The summed E-state index contributed by atoms with van der Waals surface area (Å²) in [5, 5.41) is 0. The van der Waals surface area contributed by atoms with Gasteiger partial charge in [-0.2, -0.15) is 4.31 Å². The molecule has 0 N–H and O–H groups in total. The van der Waals surface area contributed by atoms with Crippen LogP contribution in [0.3, 0.4) is 0 Å². The molecule has 0 aliphatic carbocycles. The lowest BCUT2D eigenvalue weighted by molar-refractivity contribution is -0.137. The molecule has 7 nitrogen and oxygen atoms in total. The number of piperidine rings is 1. The number of ether oxygens (including phenoxy) is 1. The Morgan fingerprint density at radius 2 is 1.83 bits per heavy atom. The number of esters is 1. The summed E-state index contributed by atoms with van der Waals surface area (Å²) >= 11 is 0. The number of hydrogen-bond donors (Lipinski definition) is 0. The summed E-state index contributed by atoms with van der Waals surface area (Å²) in [4.78, 5) is 27.0. The van der Waals surface area contributed by atoms with Crippen LogP contribution >= 0.6 is 0 Å². The van der Waals surface area contributed by atoms with Crippen molar-refractivity contribution in [3.05, 3.63) is 29.8 Å². The molecule has 0 radical (unpaired) electrons. The van der Waals surface area contributed by atoms with Crippen molar-refractivity contribution in [3.8, 4) is 0 Å². The lowest BCUT2D eigenvalue weighted by atomic mass is 9.96. The molecule has 2 saturated heterocycles. The molecular weight excluding hydrogens is 392 g/mol. The Morgan fingerprint density at radius 3 is 2.45 bits per heavy atom. The van der Waals surface area contributed by atoms with Gasteiger partial charge >= 0.3 is 5.97 Å². The van der Waals surface area contributed by atoms with Gasteiger partial charge in [-0.05, 0) is 43.7 Å². The molecule has 1 aromatic rings. The molecule has 0 spiro atoms. The highest BCUT2D eigenvalue weighted by atomic mass is 32.2. The number of sulfonamides is 1.